The molecule has 216 valence electrons. The zero-order chi connectivity index (χ0) is 28.8. The molecule has 4 heterocycles. The quantitative estimate of drug-likeness (QED) is 0.425. The summed E-state index contributed by atoms with van der Waals surface area (Å²) < 4.78 is 64.1. The molecule has 41 heavy (non-hydrogen) atoms. The van der Waals surface area contributed by atoms with Gasteiger partial charge in [-0.2, -0.15) is 13.1 Å². The first kappa shape index (κ1) is 27.8. The lowest BCUT2D eigenvalue weighted by Gasteiger charge is -2.35. The predicted molar refractivity (Wildman–Crippen MR) is 150 cm³/mol. The number of alkyl halides is 2. The normalized spacial score (nSPS) is 22.0. The summed E-state index contributed by atoms with van der Waals surface area (Å²) >= 11 is 6.14. The van der Waals surface area contributed by atoms with E-state index < -0.39 is 22.0 Å². The molecule has 1 N–H and O–H groups in total. The van der Waals surface area contributed by atoms with Gasteiger partial charge in [0.05, 0.1) is 10.9 Å². The highest BCUT2D eigenvalue weighted by molar-refractivity contribution is 7.89. The van der Waals surface area contributed by atoms with E-state index in [1.807, 2.05) is 0 Å². The molecule has 0 spiro atoms. The lowest BCUT2D eigenvalue weighted by Crippen LogP contribution is -2.49. The van der Waals surface area contributed by atoms with Crippen LogP contribution in [0.25, 0.3) is 0 Å². The summed E-state index contributed by atoms with van der Waals surface area (Å²) in [6.45, 7) is 2.15. The number of sulfonamides is 1. The number of piperidine rings is 1. The number of halogens is 3. The van der Waals surface area contributed by atoms with E-state index in [1.54, 1.807) is 40.1 Å². The Hall–Kier alpha value is -3.32. The van der Waals surface area contributed by atoms with Crippen molar-refractivity contribution >= 4 is 39.2 Å². The number of ether oxygens (including phenoxy) is 1. The van der Waals surface area contributed by atoms with Crippen molar-refractivity contribution in [2.75, 3.05) is 49.1 Å². The standard InChI is InChI=1S/C28H28ClF2N5O4S/c29-25-16-20(28(30,31)19-4-2-1-3-5-19)17-26(33-25)34-12-14-35(15-13-34)41(38,39)22-8-6-21(7-9-22)36-23-18-32-11-10-24(23)40-27(36)37/h1-9,16-17,23-24,32H,10-15,18H2/t23-,24+/m1/s1. The summed E-state index contributed by atoms with van der Waals surface area (Å²) in [5, 5.41) is 3.19. The Labute approximate surface area is 241 Å². The highest BCUT2D eigenvalue weighted by atomic mass is 35.5. The van der Waals surface area contributed by atoms with Crippen LogP contribution < -0.4 is 15.1 Å². The smallest absolute Gasteiger partial charge is 0.415 e. The van der Waals surface area contributed by atoms with Crippen LogP contribution >= 0.6 is 11.6 Å². The molecule has 3 aliphatic heterocycles. The van der Waals surface area contributed by atoms with E-state index >= 15 is 8.78 Å². The Morgan fingerprint density at radius 1 is 0.976 bits per heavy atom. The van der Waals surface area contributed by atoms with Gasteiger partial charge in [-0.15, -0.1) is 0 Å². The predicted octanol–water partition coefficient (Wildman–Crippen LogP) is 4.07. The molecule has 1 amide bonds. The Balaban J connectivity index is 1.15. The van der Waals surface area contributed by atoms with Gasteiger partial charge in [0, 0.05) is 49.5 Å². The van der Waals surface area contributed by atoms with Crippen molar-refractivity contribution in [1.82, 2.24) is 14.6 Å². The van der Waals surface area contributed by atoms with Crippen molar-refractivity contribution in [1.29, 1.82) is 0 Å². The number of benzene rings is 2. The average Bonchev–Trinajstić information content (AvgIpc) is 3.33. The van der Waals surface area contributed by atoms with E-state index in [9.17, 15) is 13.2 Å². The maximum absolute atomic E-state index is 15.2. The van der Waals surface area contributed by atoms with E-state index in [4.69, 9.17) is 16.3 Å². The van der Waals surface area contributed by atoms with Gasteiger partial charge in [-0.3, -0.25) is 4.90 Å². The molecule has 1 aromatic heterocycles. The second-order valence-corrected chi connectivity index (χ2v) is 12.5. The number of anilines is 2. The van der Waals surface area contributed by atoms with Crippen LogP contribution in [0.3, 0.4) is 0 Å². The molecule has 2 aromatic carbocycles. The fourth-order valence-electron chi connectivity index (χ4n) is 5.56. The average molecular weight is 604 g/mol. The van der Waals surface area contributed by atoms with E-state index in [0.29, 0.717) is 12.2 Å². The molecule has 0 bridgehead atoms. The molecule has 6 rings (SSSR count). The Kier molecular flexibility index (Phi) is 7.35. The van der Waals surface area contributed by atoms with Crippen molar-refractivity contribution in [3.8, 4) is 0 Å². The molecule has 13 heteroatoms. The van der Waals surface area contributed by atoms with Crippen molar-refractivity contribution in [3.63, 3.8) is 0 Å². The third-order valence-electron chi connectivity index (χ3n) is 7.76. The number of fused-ring (bicyclic) bond motifs is 1. The number of aromatic nitrogens is 1. The van der Waals surface area contributed by atoms with Gasteiger partial charge in [0.15, 0.2) is 0 Å². The van der Waals surface area contributed by atoms with Gasteiger partial charge in [-0.05, 0) is 49.4 Å². The number of hydrogen-bond donors (Lipinski definition) is 1. The van der Waals surface area contributed by atoms with Crippen molar-refractivity contribution in [3.05, 3.63) is 83.0 Å². The third kappa shape index (κ3) is 5.25. The summed E-state index contributed by atoms with van der Waals surface area (Å²) in [7, 11) is -3.83. The molecule has 9 nitrogen and oxygen atoms in total. The van der Waals surface area contributed by atoms with E-state index in [0.717, 1.165) is 19.0 Å². The molecule has 3 saturated heterocycles. The van der Waals surface area contributed by atoms with Crippen molar-refractivity contribution < 1.29 is 26.7 Å². The summed E-state index contributed by atoms with van der Waals surface area (Å²) in [4.78, 5) is 20.1. The lowest BCUT2D eigenvalue weighted by molar-refractivity contribution is 0.0428. The molecule has 3 aromatic rings. The fraction of sp³-hybridized carbons (Fsp3) is 0.357. The van der Waals surface area contributed by atoms with Crippen molar-refractivity contribution in [2.45, 2.75) is 29.4 Å². The third-order valence-corrected chi connectivity index (χ3v) is 9.87. The molecule has 2 atom stereocenters. The van der Waals surface area contributed by atoms with Gasteiger partial charge in [-0.1, -0.05) is 41.9 Å². The van der Waals surface area contributed by atoms with Crippen LogP contribution in [-0.4, -0.2) is 75.2 Å². The second-order valence-electron chi connectivity index (χ2n) is 10.2. The van der Waals surface area contributed by atoms with Gasteiger partial charge in [0.1, 0.15) is 17.1 Å². The zero-order valence-electron chi connectivity index (χ0n) is 21.9. The number of rotatable bonds is 6. The SMILES string of the molecule is O=C1O[C@H]2CCNC[C@H]2N1c1ccc(S(=O)(=O)N2CCN(c3cc(C(F)(F)c4ccccc4)cc(Cl)n3)CC2)cc1. The van der Waals surface area contributed by atoms with Crippen LogP contribution in [0.5, 0.6) is 0 Å². The van der Waals surface area contributed by atoms with Gasteiger partial charge >= 0.3 is 6.09 Å². The van der Waals surface area contributed by atoms with Crippen LogP contribution in [-0.2, 0) is 20.7 Å². The van der Waals surface area contributed by atoms with Crippen LogP contribution in [0.2, 0.25) is 5.15 Å². The minimum Gasteiger partial charge on any atom is -0.444 e. The number of pyridine rings is 1. The topological polar surface area (TPSA) is 95.1 Å². The summed E-state index contributed by atoms with van der Waals surface area (Å²) in [5.74, 6) is -3.02. The van der Waals surface area contributed by atoms with Gasteiger partial charge in [0.2, 0.25) is 10.0 Å². The van der Waals surface area contributed by atoms with Crippen LogP contribution in [0.15, 0.2) is 71.6 Å². The molecule has 3 fully saturated rings. The number of nitrogens with one attached hydrogen (secondary N) is 1. The Morgan fingerprint density at radius 3 is 2.39 bits per heavy atom. The number of piperazine rings is 1. The first-order chi connectivity index (χ1) is 19.6. The fourth-order valence-corrected chi connectivity index (χ4v) is 7.18. The number of amides is 1. The molecule has 0 radical (unpaired) electrons. The molecular formula is C28H28ClF2N5O4S. The van der Waals surface area contributed by atoms with Gasteiger partial charge in [0.25, 0.3) is 5.92 Å². The number of carbonyl (C=O) groups is 1. The first-order valence-corrected chi connectivity index (χ1v) is 15.1. The van der Waals surface area contributed by atoms with Gasteiger partial charge in [-0.25, -0.2) is 18.2 Å². The summed E-state index contributed by atoms with van der Waals surface area (Å²) in [5.41, 5.74) is 0.128. The highest BCUT2D eigenvalue weighted by Crippen LogP contribution is 2.38. The number of nitrogens with zero attached hydrogens (tertiary/aromatic N) is 4. The molecular weight excluding hydrogens is 576 g/mol. The zero-order valence-corrected chi connectivity index (χ0v) is 23.5. The monoisotopic (exact) mass is 603 g/mol. The molecule has 0 unspecified atom stereocenters. The van der Waals surface area contributed by atoms with E-state index in [1.165, 1.54) is 34.6 Å². The second kappa shape index (κ2) is 10.8. The molecule has 0 saturated carbocycles. The van der Waals surface area contributed by atoms with E-state index in [2.05, 4.69) is 10.3 Å². The Bertz CT molecular complexity index is 1540. The summed E-state index contributed by atoms with van der Waals surface area (Å²) in [6.07, 6.45) is 0.111. The largest absolute Gasteiger partial charge is 0.444 e. The maximum Gasteiger partial charge on any atom is 0.415 e. The van der Waals surface area contributed by atoms with Gasteiger partial charge < -0.3 is 15.0 Å². The van der Waals surface area contributed by atoms with Crippen molar-refractivity contribution in [2.24, 2.45) is 0 Å². The minimum absolute atomic E-state index is 0.0690. The minimum atomic E-state index is -3.83. The summed E-state index contributed by atoms with van der Waals surface area (Å²) in [6, 6.07) is 16.0. The van der Waals surface area contributed by atoms with E-state index in [-0.39, 0.29) is 65.3 Å². The maximum atomic E-state index is 15.2. The van der Waals surface area contributed by atoms with Crippen LogP contribution in [0.1, 0.15) is 17.5 Å². The first-order valence-electron chi connectivity index (χ1n) is 13.3. The highest BCUT2D eigenvalue weighted by Gasteiger charge is 2.44. The number of carbonyl (C=O) groups excluding carboxylic acids is 1. The van der Waals surface area contributed by atoms with Crippen LogP contribution in [0.4, 0.5) is 25.1 Å². The van der Waals surface area contributed by atoms with Crippen LogP contribution in [0, 0.1) is 0 Å². The number of hydrogen-bond acceptors (Lipinski definition) is 7. The lowest BCUT2D eigenvalue weighted by atomic mass is 10.0. The molecule has 3 aliphatic rings. The molecule has 0 aliphatic carbocycles. The Morgan fingerprint density at radius 2 is 1.68 bits per heavy atom.